The summed E-state index contributed by atoms with van der Waals surface area (Å²) in [5, 5.41) is 13.4. The number of aliphatic hydroxyl groups is 1. The Hall–Kier alpha value is -0.653. The molecule has 0 aliphatic rings. The van der Waals surface area contributed by atoms with Gasteiger partial charge in [0.2, 0.25) is 0 Å². The molecule has 0 aromatic carbocycles. The molecular weight excluding hydrogens is 232 g/mol. The van der Waals surface area contributed by atoms with Crippen LogP contribution >= 0.6 is 0 Å². The molecule has 0 saturated heterocycles. The molecule has 1 rings (SSSR count). The Bertz CT molecular complexity index is 380. The highest BCUT2D eigenvalue weighted by molar-refractivity contribution is 6.74. The van der Waals surface area contributed by atoms with Gasteiger partial charge >= 0.3 is 0 Å². The van der Waals surface area contributed by atoms with Gasteiger partial charge < -0.3 is 9.53 Å². The van der Waals surface area contributed by atoms with E-state index in [4.69, 9.17) is 9.53 Å². The van der Waals surface area contributed by atoms with Gasteiger partial charge in [0.25, 0.3) is 0 Å². The molecule has 1 N–H and O–H groups in total. The van der Waals surface area contributed by atoms with Crippen molar-refractivity contribution in [3.8, 4) is 0 Å². The van der Waals surface area contributed by atoms with Gasteiger partial charge in [-0.1, -0.05) is 20.8 Å². The third-order valence-electron chi connectivity index (χ3n) is 3.58. The molecule has 5 heteroatoms. The first-order valence-electron chi connectivity index (χ1n) is 5.94. The lowest BCUT2D eigenvalue weighted by atomic mass is 10.2. The van der Waals surface area contributed by atoms with E-state index in [1.165, 1.54) is 0 Å². The van der Waals surface area contributed by atoms with Crippen LogP contribution in [0, 0.1) is 0 Å². The van der Waals surface area contributed by atoms with Crippen molar-refractivity contribution in [3.05, 3.63) is 17.5 Å². The number of aryl methyl sites for hydroxylation is 1. The fraction of sp³-hybridized carbons (Fsp3) is 0.750. The number of aliphatic hydroxyl groups excluding tert-OH is 1. The minimum atomic E-state index is -1.72. The molecule has 0 fully saturated rings. The molecule has 0 aliphatic heterocycles. The van der Waals surface area contributed by atoms with Gasteiger partial charge in [-0.25, -0.2) is 0 Å². The van der Waals surface area contributed by atoms with Crippen LogP contribution in [0.5, 0.6) is 0 Å². The zero-order chi connectivity index (χ0) is 13.3. The van der Waals surface area contributed by atoms with E-state index in [0.29, 0.717) is 12.3 Å². The fourth-order valence-corrected chi connectivity index (χ4v) is 2.20. The standard InChI is InChI=1S/C12H24N2O2Si/c1-12(2,3)17(5,6)16-9-11-7-10(8-15)13-14(11)4/h7,15H,8-9H2,1-6H3. The van der Waals surface area contributed by atoms with Crippen LogP contribution in [0.4, 0.5) is 0 Å². The van der Waals surface area contributed by atoms with Gasteiger partial charge in [0, 0.05) is 7.05 Å². The van der Waals surface area contributed by atoms with Gasteiger partial charge in [-0.15, -0.1) is 0 Å². The summed E-state index contributed by atoms with van der Waals surface area (Å²) in [6, 6.07) is 1.90. The Kier molecular flexibility index (Phi) is 4.17. The fourth-order valence-electron chi connectivity index (χ4n) is 1.25. The second-order valence-electron chi connectivity index (χ2n) is 5.96. The number of hydrogen-bond acceptors (Lipinski definition) is 3. The Morgan fingerprint density at radius 1 is 1.41 bits per heavy atom. The van der Waals surface area contributed by atoms with Gasteiger partial charge in [-0.3, -0.25) is 4.68 Å². The van der Waals surface area contributed by atoms with E-state index in [-0.39, 0.29) is 11.6 Å². The van der Waals surface area contributed by atoms with E-state index >= 15 is 0 Å². The van der Waals surface area contributed by atoms with Crippen LogP contribution < -0.4 is 0 Å². The molecule has 1 heterocycles. The summed E-state index contributed by atoms with van der Waals surface area (Å²) in [6.45, 7) is 11.7. The van der Waals surface area contributed by atoms with Gasteiger partial charge in [0.1, 0.15) is 0 Å². The smallest absolute Gasteiger partial charge is 0.192 e. The average Bonchev–Trinajstić information content (AvgIpc) is 2.55. The van der Waals surface area contributed by atoms with Gasteiger partial charge in [-0.2, -0.15) is 5.10 Å². The Balaban J connectivity index is 2.70. The number of nitrogens with zero attached hydrogens (tertiary/aromatic N) is 2. The van der Waals surface area contributed by atoms with Crippen molar-refractivity contribution < 1.29 is 9.53 Å². The van der Waals surface area contributed by atoms with Crippen LogP contribution in [-0.2, 0) is 24.7 Å². The second-order valence-corrected chi connectivity index (χ2v) is 10.8. The van der Waals surface area contributed by atoms with Crippen LogP contribution in [0.2, 0.25) is 18.1 Å². The summed E-state index contributed by atoms with van der Waals surface area (Å²) in [5.41, 5.74) is 1.71. The molecule has 4 nitrogen and oxygen atoms in total. The van der Waals surface area contributed by atoms with Crippen molar-refractivity contribution in [2.75, 3.05) is 0 Å². The van der Waals surface area contributed by atoms with E-state index in [2.05, 4.69) is 39.0 Å². The topological polar surface area (TPSA) is 47.3 Å². The minimum Gasteiger partial charge on any atom is -0.411 e. The largest absolute Gasteiger partial charge is 0.411 e. The maximum Gasteiger partial charge on any atom is 0.192 e. The lowest BCUT2D eigenvalue weighted by Gasteiger charge is -2.36. The normalized spacial score (nSPS) is 13.1. The SMILES string of the molecule is Cn1nc(CO)cc1CO[Si](C)(C)C(C)(C)C. The van der Waals surface area contributed by atoms with Crippen molar-refractivity contribution in [1.82, 2.24) is 9.78 Å². The van der Waals surface area contributed by atoms with Gasteiger partial charge in [-0.05, 0) is 24.2 Å². The zero-order valence-corrected chi connectivity index (χ0v) is 12.7. The van der Waals surface area contributed by atoms with Crippen molar-refractivity contribution in [2.45, 2.75) is 52.1 Å². The third kappa shape index (κ3) is 3.40. The van der Waals surface area contributed by atoms with Crippen LogP contribution in [-0.4, -0.2) is 23.2 Å². The molecule has 98 valence electrons. The molecule has 1 aromatic heterocycles. The highest BCUT2D eigenvalue weighted by Crippen LogP contribution is 2.37. The van der Waals surface area contributed by atoms with Crippen LogP contribution in [0.3, 0.4) is 0 Å². The third-order valence-corrected chi connectivity index (χ3v) is 8.05. The molecule has 0 bridgehead atoms. The van der Waals surface area contributed by atoms with Crippen LogP contribution in [0.1, 0.15) is 32.2 Å². The summed E-state index contributed by atoms with van der Waals surface area (Å²) in [4.78, 5) is 0. The summed E-state index contributed by atoms with van der Waals surface area (Å²) in [6.07, 6.45) is 0. The molecule has 0 atom stereocenters. The van der Waals surface area contributed by atoms with Crippen molar-refractivity contribution >= 4 is 8.32 Å². The monoisotopic (exact) mass is 256 g/mol. The molecule has 0 aliphatic carbocycles. The highest BCUT2D eigenvalue weighted by atomic mass is 28.4. The molecule has 0 radical (unpaired) electrons. The number of aromatic nitrogens is 2. The van der Waals surface area contributed by atoms with E-state index in [9.17, 15) is 0 Å². The molecule has 0 unspecified atom stereocenters. The molecule has 0 amide bonds. The molecule has 17 heavy (non-hydrogen) atoms. The van der Waals surface area contributed by atoms with Crippen LogP contribution in [0.15, 0.2) is 6.07 Å². The second kappa shape index (κ2) is 4.92. The van der Waals surface area contributed by atoms with Crippen LogP contribution in [0.25, 0.3) is 0 Å². The Morgan fingerprint density at radius 2 is 2.00 bits per heavy atom. The first-order valence-corrected chi connectivity index (χ1v) is 8.85. The molecular formula is C12H24N2O2Si. The first-order chi connectivity index (χ1) is 7.67. The lowest BCUT2D eigenvalue weighted by Crippen LogP contribution is -2.40. The first kappa shape index (κ1) is 14.4. The van der Waals surface area contributed by atoms with Crippen molar-refractivity contribution in [2.24, 2.45) is 7.05 Å². The summed E-state index contributed by atoms with van der Waals surface area (Å²) in [7, 11) is 0.163. The highest BCUT2D eigenvalue weighted by Gasteiger charge is 2.37. The Labute approximate surface area is 105 Å². The summed E-state index contributed by atoms with van der Waals surface area (Å²) < 4.78 is 7.89. The van der Waals surface area contributed by atoms with Gasteiger partial charge in [0.05, 0.1) is 24.6 Å². The average molecular weight is 256 g/mol. The van der Waals surface area contributed by atoms with E-state index in [1.54, 1.807) is 4.68 Å². The molecule has 0 saturated carbocycles. The summed E-state index contributed by atoms with van der Waals surface area (Å²) in [5.74, 6) is 0. The van der Waals surface area contributed by atoms with E-state index < -0.39 is 8.32 Å². The summed E-state index contributed by atoms with van der Waals surface area (Å²) >= 11 is 0. The molecule has 1 aromatic rings. The van der Waals surface area contributed by atoms with Gasteiger partial charge in [0.15, 0.2) is 8.32 Å². The van der Waals surface area contributed by atoms with E-state index in [0.717, 1.165) is 5.69 Å². The quantitative estimate of drug-likeness (QED) is 0.842. The molecule has 0 spiro atoms. The predicted molar refractivity (Wildman–Crippen MR) is 71.1 cm³/mol. The van der Waals surface area contributed by atoms with Crippen molar-refractivity contribution in [3.63, 3.8) is 0 Å². The lowest BCUT2D eigenvalue weighted by molar-refractivity contribution is 0.266. The Morgan fingerprint density at radius 3 is 2.41 bits per heavy atom. The predicted octanol–water partition coefficient (Wildman–Crippen LogP) is 2.43. The van der Waals surface area contributed by atoms with Crippen molar-refractivity contribution in [1.29, 1.82) is 0 Å². The minimum absolute atomic E-state index is 0.0199. The maximum atomic E-state index is 9.02. The maximum absolute atomic E-state index is 9.02. The number of rotatable bonds is 4. The zero-order valence-electron chi connectivity index (χ0n) is 11.7. The van der Waals surface area contributed by atoms with E-state index in [1.807, 2.05) is 13.1 Å². The number of hydrogen-bond donors (Lipinski definition) is 1.